The summed E-state index contributed by atoms with van der Waals surface area (Å²) in [6.07, 6.45) is 1.01. The van der Waals surface area contributed by atoms with Crippen LogP contribution in [0.3, 0.4) is 0 Å². The van der Waals surface area contributed by atoms with Gasteiger partial charge in [0.25, 0.3) is 11.8 Å². The summed E-state index contributed by atoms with van der Waals surface area (Å²) in [6, 6.07) is 12.7. The van der Waals surface area contributed by atoms with Crippen molar-refractivity contribution in [3.63, 3.8) is 0 Å². The van der Waals surface area contributed by atoms with Crippen LogP contribution in [0.5, 0.6) is 11.5 Å². The Bertz CT molecular complexity index is 983. The van der Waals surface area contributed by atoms with E-state index in [1.807, 2.05) is 23.1 Å². The fraction of sp³-hybridized carbons (Fsp3) is 0.318. The molecule has 1 unspecified atom stereocenters. The SMILES string of the molecule is O=C(CCN1C(=O)c2ccccc2C1=O)N1CCC(c2ccc3c(c2)OCO3)C1. The van der Waals surface area contributed by atoms with E-state index in [-0.39, 0.29) is 43.4 Å². The molecule has 2 aromatic carbocycles. The Labute approximate surface area is 167 Å². The zero-order valence-corrected chi connectivity index (χ0v) is 15.8. The van der Waals surface area contributed by atoms with Gasteiger partial charge in [0, 0.05) is 32.0 Å². The molecule has 0 radical (unpaired) electrons. The highest BCUT2D eigenvalue weighted by molar-refractivity contribution is 6.21. The van der Waals surface area contributed by atoms with E-state index in [9.17, 15) is 14.4 Å². The van der Waals surface area contributed by atoms with Crippen molar-refractivity contribution in [3.05, 3.63) is 59.2 Å². The molecule has 0 spiro atoms. The Morgan fingerprint density at radius 3 is 2.48 bits per heavy atom. The molecule has 3 aliphatic heterocycles. The van der Waals surface area contributed by atoms with Crippen molar-refractivity contribution in [2.45, 2.75) is 18.8 Å². The van der Waals surface area contributed by atoms with Gasteiger partial charge in [-0.1, -0.05) is 18.2 Å². The van der Waals surface area contributed by atoms with Crippen LogP contribution in [0.15, 0.2) is 42.5 Å². The van der Waals surface area contributed by atoms with E-state index < -0.39 is 0 Å². The minimum atomic E-state index is -0.321. The average molecular weight is 392 g/mol. The van der Waals surface area contributed by atoms with Crippen LogP contribution < -0.4 is 9.47 Å². The van der Waals surface area contributed by atoms with Crippen LogP contribution in [-0.2, 0) is 4.79 Å². The normalized spacial score (nSPS) is 19.8. The van der Waals surface area contributed by atoms with Gasteiger partial charge in [0.2, 0.25) is 12.7 Å². The standard InChI is InChI=1S/C22H20N2O5/c25-20(8-10-24-21(26)16-3-1-2-4-17(16)22(24)27)23-9-7-15(12-23)14-5-6-18-19(11-14)29-13-28-18/h1-6,11,15H,7-10,12-13H2. The summed E-state index contributed by atoms with van der Waals surface area (Å²) in [6.45, 7) is 1.64. The van der Waals surface area contributed by atoms with Crippen molar-refractivity contribution in [2.24, 2.45) is 0 Å². The number of hydrogen-bond donors (Lipinski definition) is 0. The Hall–Kier alpha value is -3.35. The summed E-state index contributed by atoms with van der Waals surface area (Å²) in [5, 5.41) is 0. The first kappa shape index (κ1) is 17.7. The quantitative estimate of drug-likeness (QED) is 0.747. The van der Waals surface area contributed by atoms with Crippen LogP contribution in [-0.4, -0.2) is 53.9 Å². The summed E-state index contributed by atoms with van der Waals surface area (Å²) < 4.78 is 10.8. The molecule has 7 nitrogen and oxygen atoms in total. The zero-order chi connectivity index (χ0) is 20.0. The summed E-state index contributed by atoms with van der Waals surface area (Å²) in [4.78, 5) is 40.5. The second-order valence-electron chi connectivity index (χ2n) is 7.50. The fourth-order valence-electron chi connectivity index (χ4n) is 4.23. The molecule has 0 saturated carbocycles. The van der Waals surface area contributed by atoms with Gasteiger partial charge in [-0.2, -0.15) is 0 Å². The number of hydrogen-bond acceptors (Lipinski definition) is 5. The molecule has 0 N–H and O–H groups in total. The molecule has 0 aliphatic carbocycles. The van der Waals surface area contributed by atoms with Crippen LogP contribution in [0.25, 0.3) is 0 Å². The third-order valence-electron chi connectivity index (χ3n) is 5.84. The minimum Gasteiger partial charge on any atom is -0.454 e. The van der Waals surface area contributed by atoms with Crippen molar-refractivity contribution in [3.8, 4) is 11.5 Å². The molecule has 29 heavy (non-hydrogen) atoms. The highest BCUT2D eigenvalue weighted by atomic mass is 16.7. The monoisotopic (exact) mass is 392 g/mol. The molecule has 3 aliphatic rings. The van der Waals surface area contributed by atoms with Gasteiger partial charge in [-0.25, -0.2) is 0 Å². The van der Waals surface area contributed by atoms with Gasteiger partial charge in [-0.05, 0) is 36.2 Å². The molecule has 5 rings (SSSR count). The molecule has 1 fully saturated rings. The van der Waals surface area contributed by atoms with Crippen molar-refractivity contribution in [1.82, 2.24) is 9.80 Å². The maximum atomic E-state index is 12.7. The Morgan fingerprint density at radius 2 is 1.72 bits per heavy atom. The summed E-state index contributed by atoms with van der Waals surface area (Å²) >= 11 is 0. The predicted molar refractivity (Wildman–Crippen MR) is 103 cm³/mol. The van der Waals surface area contributed by atoms with E-state index in [0.29, 0.717) is 24.2 Å². The molecular weight excluding hydrogens is 372 g/mol. The number of likely N-dealkylation sites (tertiary alicyclic amines) is 1. The number of rotatable bonds is 4. The largest absolute Gasteiger partial charge is 0.454 e. The summed E-state index contributed by atoms with van der Waals surface area (Å²) in [7, 11) is 0. The van der Waals surface area contributed by atoms with Crippen LogP contribution in [0.2, 0.25) is 0 Å². The third-order valence-corrected chi connectivity index (χ3v) is 5.84. The topological polar surface area (TPSA) is 76.2 Å². The highest BCUT2D eigenvalue weighted by Crippen LogP contribution is 2.37. The van der Waals surface area contributed by atoms with E-state index in [0.717, 1.165) is 23.5 Å². The number of benzene rings is 2. The first-order valence-electron chi connectivity index (χ1n) is 9.74. The Morgan fingerprint density at radius 1 is 1.00 bits per heavy atom. The lowest BCUT2D eigenvalue weighted by Gasteiger charge is -2.19. The Kier molecular flexibility index (Phi) is 4.23. The highest BCUT2D eigenvalue weighted by Gasteiger charge is 2.36. The molecule has 3 heterocycles. The smallest absolute Gasteiger partial charge is 0.261 e. The van der Waals surface area contributed by atoms with E-state index in [4.69, 9.17) is 9.47 Å². The minimum absolute atomic E-state index is 0.0372. The van der Waals surface area contributed by atoms with Gasteiger partial charge < -0.3 is 14.4 Å². The fourth-order valence-corrected chi connectivity index (χ4v) is 4.23. The summed E-state index contributed by atoms with van der Waals surface area (Å²) in [5.74, 6) is 1.06. The van der Waals surface area contributed by atoms with E-state index in [2.05, 4.69) is 0 Å². The second kappa shape index (κ2) is 6.92. The van der Waals surface area contributed by atoms with E-state index in [1.54, 1.807) is 24.3 Å². The number of fused-ring (bicyclic) bond motifs is 2. The molecule has 0 bridgehead atoms. The molecule has 1 atom stereocenters. The number of amides is 3. The first-order valence-corrected chi connectivity index (χ1v) is 9.74. The lowest BCUT2D eigenvalue weighted by atomic mass is 9.98. The summed E-state index contributed by atoms with van der Waals surface area (Å²) in [5.41, 5.74) is 1.95. The molecule has 2 aromatic rings. The lowest BCUT2D eigenvalue weighted by molar-refractivity contribution is -0.130. The van der Waals surface area contributed by atoms with Crippen molar-refractivity contribution >= 4 is 17.7 Å². The van der Waals surface area contributed by atoms with Gasteiger partial charge >= 0.3 is 0 Å². The van der Waals surface area contributed by atoms with Gasteiger partial charge in [-0.3, -0.25) is 19.3 Å². The van der Waals surface area contributed by atoms with E-state index >= 15 is 0 Å². The van der Waals surface area contributed by atoms with Gasteiger partial charge in [-0.15, -0.1) is 0 Å². The van der Waals surface area contributed by atoms with Gasteiger partial charge in [0.15, 0.2) is 11.5 Å². The van der Waals surface area contributed by atoms with Crippen LogP contribution >= 0.6 is 0 Å². The zero-order valence-electron chi connectivity index (χ0n) is 15.8. The molecular formula is C22H20N2O5. The van der Waals surface area contributed by atoms with Crippen molar-refractivity contribution < 1.29 is 23.9 Å². The van der Waals surface area contributed by atoms with Crippen LogP contribution in [0.4, 0.5) is 0 Å². The van der Waals surface area contributed by atoms with Gasteiger partial charge in [0.05, 0.1) is 11.1 Å². The average Bonchev–Trinajstić information content (AvgIpc) is 3.46. The molecule has 3 amide bonds. The van der Waals surface area contributed by atoms with Crippen molar-refractivity contribution in [1.29, 1.82) is 0 Å². The number of carbonyl (C=O) groups excluding carboxylic acids is 3. The number of ether oxygens (including phenoxy) is 2. The van der Waals surface area contributed by atoms with Gasteiger partial charge in [0.1, 0.15) is 0 Å². The third kappa shape index (κ3) is 3.03. The molecule has 7 heteroatoms. The van der Waals surface area contributed by atoms with Crippen LogP contribution in [0, 0.1) is 0 Å². The van der Waals surface area contributed by atoms with Crippen LogP contribution in [0.1, 0.15) is 45.0 Å². The maximum absolute atomic E-state index is 12.7. The van der Waals surface area contributed by atoms with E-state index in [1.165, 1.54) is 4.90 Å². The second-order valence-corrected chi connectivity index (χ2v) is 7.50. The Balaban J connectivity index is 1.20. The first-order chi connectivity index (χ1) is 14.1. The predicted octanol–water partition coefficient (Wildman–Crippen LogP) is 2.42. The molecule has 1 saturated heterocycles. The molecule has 148 valence electrons. The lowest BCUT2D eigenvalue weighted by Crippen LogP contribution is -2.36. The molecule has 0 aromatic heterocycles. The maximum Gasteiger partial charge on any atom is 0.261 e. The number of carbonyl (C=O) groups is 3. The number of imide groups is 1. The van der Waals surface area contributed by atoms with Crippen molar-refractivity contribution in [2.75, 3.05) is 26.4 Å². The number of nitrogens with zero attached hydrogens (tertiary/aromatic N) is 2.